The van der Waals surface area contributed by atoms with Gasteiger partial charge in [0.25, 0.3) is 5.91 Å². The van der Waals surface area contributed by atoms with Crippen LogP contribution >= 0.6 is 23.5 Å². The second kappa shape index (κ2) is 7.71. The molecule has 3 nitrogen and oxygen atoms in total. The average Bonchev–Trinajstić information content (AvgIpc) is 3.19. The number of benzene rings is 1. The maximum Gasteiger partial charge on any atom is 0.251 e. The molecular weight excluding hydrogens is 384 g/mol. The van der Waals surface area contributed by atoms with Crippen LogP contribution in [0.4, 0.5) is 0 Å². The number of carbonyl (C=O) groups is 1. The van der Waals surface area contributed by atoms with Gasteiger partial charge in [-0.05, 0) is 80.2 Å². The van der Waals surface area contributed by atoms with Crippen LogP contribution in [0.25, 0.3) is 0 Å². The highest BCUT2D eigenvalue weighted by Crippen LogP contribution is 2.61. The second-order valence-corrected chi connectivity index (χ2v) is 11.7. The summed E-state index contributed by atoms with van der Waals surface area (Å²) in [4.78, 5) is 17.7. The number of hydrogen-bond acceptors (Lipinski definition) is 4. The number of rotatable bonds is 5. The standard InChI is InChI=1S/C23H30N2OS2/c1-15(23-11-16-8-17(12-23)10-18(9-16)13-23)25-21(26)20-5-3-2-4-19(20)14-28-22-24-6-7-27-22/h2-5,15-18H,6-14H2,1H3,(H,25,26)/t15-,16?,17?,18?,23?/m0/s1. The summed E-state index contributed by atoms with van der Waals surface area (Å²) in [5, 5.41) is 3.44. The average molecular weight is 415 g/mol. The number of nitrogens with one attached hydrogen (secondary N) is 1. The van der Waals surface area contributed by atoms with Gasteiger partial charge in [0.1, 0.15) is 4.38 Å². The van der Waals surface area contributed by atoms with Gasteiger partial charge in [0.05, 0.1) is 6.54 Å². The molecule has 1 atom stereocenters. The van der Waals surface area contributed by atoms with Crippen molar-refractivity contribution in [3.8, 4) is 0 Å². The maximum atomic E-state index is 13.2. The third kappa shape index (κ3) is 3.65. The van der Waals surface area contributed by atoms with Crippen molar-refractivity contribution < 1.29 is 4.79 Å². The highest BCUT2D eigenvalue weighted by molar-refractivity contribution is 8.38. The molecule has 5 heteroatoms. The van der Waals surface area contributed by atoms with E-state index in [1.54, 1.807) is 11.8 Å². The van der Waals surface area contributed by atoms with Gasteiger partial charge in [-0.15, -0.1) is 0 Å². The largest absolute Gasteiger partial charge is 0.349 e. The zero-order valence-corrected chi connectivity index (χ0v) is 18.3. The third-order valence-corrected chi connectivity index (χ3v) is 9.82. The fourth-order valence-electron chi connectivity index (χ4n) is 6.55. The third-order valence-electron chi connectivity index (χ3n) is 7.52. The summed E-state index contributed by atoms with van der Waals surface area (Å²) in [6.07, 6.45) is 8.32. The fraction of sp³-hybridized carbons (Fsp3) is 0.652. The Hall–Kier alpha value is -0.940. The molecule has 1 N–H and O–H groups in total. The van der Waals surface area contributed by atoms with Crippen LogP contribution in [0.3, 0.4) is 0 Å². The predicted octanol–water partition coefficient (Wildman–Crippen LogP) is 5.36. The quantitative estimate of drug-likeness (QED) is 0.705. The van der Waals surface area contributed by atoms with Crippen molar-refractivity contribution in [3.05, 3.63) is 35.4 Å². The molecule has 150 valence electrons. The summed E-state index contributed by atoms with van der Waals surface area (Å²) in [5.41, 5.74) is 2.32. The molecule has 1 amide bonds. The van der Waals surface area contributed by atoms with Crippen molar-refractivity contribution in [1.82, 2.24) is 5.32 Å². The van der Waals surface area contributed by atoms with E-state index < -0.39 is 0 Å². The normalized spacial score (nSPS) is 34.3. The molecule has 1 heterocycles. The number of aliphatic imine (C=N–C) groups is 1. The summed E-state index contributed by atoms with van der Waals surface area (Å²) in [6.45, 7) is 3.20. The smallest absolute Gasteiger partial charge is 0.251 e. The summed E-state index contributed by atoms with van der Waals surface area (Å²) in [7, 11) is 0. The highest BCUT2D eigenvalue weighted by atomic mass is 32.2. The Kier molecular flexibility index (Phi) is 5.25. The lowest BCUT2D eigenvalue weighted by Gasteiger charge is -2.59. The second-order valence-electron chi connectivity index (χ2n) is 9.42. The maximum absolute atomic E-state index is 13.2. The first-order valence-electron chi connectivity index (χ1n) is 10.8. The summed E-state index contributed by atoms with van der Waals surface area (Å²) >= 11 is 3.60. The topological polar surface area (TPSA) is 41.5 Å². The first kappa shape index (κ1) is 19.0. The highest BCUT2D eigenvalue weighted by Gasteiger charge is 2.53. The van der Waals surface area contributed by atoms with E-state index in [1.807, 2.05) is 30.0 Å². The summed E-state index contributed by atoms with van der Waals surface area (Å²) in [5.74, 6) is 4.77. The molecule has 0 radical (unpaired) electrons. The molecule has 1 aromatic carbocycles. The Morgan fingerprint density at radius 1 is 1.21 bits per heavy atom. The minimum Gasteiger partial charge on any atom is -0.349 e. The van der Waals surface area contributed by atoms with E-state index in [4.69, 9.17) is 0 Å². The van der Waals surface area contributed by atoms with Crippen LogP contribution in [0, 0.1) is 23.2 Å². The van der Waals surface area contributed by atoms with Crippen molar-refractivity contribution in [2.24, 2.45) is 28.2 Å². The van der Waals surface area contributed by atoms with Crippen molar-refractivity contribution >= 4 is 33.8 Å². The molecule has 28 heavy (non-hydrogen) atoms. The summed E-state index contributed by atoms with van der Waals surface area (Å²) in [6, 6.07) is 8.38. The van der Waals surface area contributed by atoms with Gasteiger partial charge < -0.3 is 5.32 Å². The van der Waals surface area contributed by atoms with Gasteiger partial charge in [0, 0.05) is 23.1 Å². The van der Waals surface area contributed by atoms with Crippen LogP contribution < -0.4 is 5.32 Å². The molecule has 0 unspecified atom stereocenters. The van der Waals surface area contributed by atoms with E-state index in [0.29, 0.717) is 5.41 Å². The Morgan fingerprint density at radius 3 is 2.54 bits per heavy atom. The van der Waals surface area contributed by atoms with E-state index in [0.717, 1.165) is 51.3 Å². The van der Waals surface area contributed by atoms with E-state index in [9.17, 15) is 4.79 Å². The van der Waals surface area contributed by atoms with E-state index >= 15 is 0 Å². The van der Waals surface area contributed by atoms with E-state index in [1.165, 1.54) is 38.5 Å². The molecule has 0 aromatic heterocycles. The number of amides is 1. The molecule has 1 aromatic rings. The van der Waals surface area contributed by atoms with Gasteiger partial charge in [-0.25, -0.2) is 0 Å². The minimum absolute atomic E-state index is 0.112. The van der Waals surface area contributed by atoms with Gasteiger partial charge in [-0.3, -0.25) is 9.79 Å². The van der Waals surface area contributed by atoms with Gasteiger partial charge in [-0.2, -0.15) is 0 Å². The molecule has 5 aliphatic rings. The monoisotopic (exact) mass is 414 g/mol. The first-order chi connectivity index (χ1) is 13.6. The SMILES string of the molecule is C[C@H](NC(=O)c1ccccc1CSC1=NCCS1)C12CC3CC(CC(C3)C1)C2. The van der Waals surface area contributed by atoms with Crippen molar-refractivity contribution in [2.75, 3.05) is 12.3 Å². The van der Waals surface area contributed by atoms with Crippen LogP contribution in [0.2, 0.25) is 0 Å². The van der Waals surface area contributed by atoms with Gasteiger partial charge in [0.2, 0.25) is 0 Å². The lowest BCUT2D eigenvalue weighted by molar-refractivity contribution is -0.0688. The lowest BCUT2D eigenvalue weighted by atomic mass is 9.48. The van der Waals surface area contributed by atoms with Crippen LogP contribution in [-0.2, 0) is 5.75 Å². The Labute approximate surface area is 176 Å². The first-order valence-corrected chi connectivity index (χ1v) is 12.8. The summed E-state index contributed by atoms with van der Waals surface area (Å²) < 4.78 is 1.16. The zero-order valence-electron chi connectivity index (χ0n) is 16.7. The van der Waals surface area contributed by atoms with Crippen molar-refractivity contribution in [3.63, 3.8) is 0 Å². The molecule has 4 fully saturated rings. The van der Waals surface area contributed by atoms with E-state index in [-0.39, 0.29) is 11.9 Å². The Bertz CT molecular complexity index is 755. The van der Waals surface area contributed by atoms with Gasteiger partial charge in [-0.1, -0.05) is 41.7 Å². The molecule has 0 saturated heterocycles. The molecule has 1 aliphatic heterocycles. The van der Waals surface area contributed by atoms with E-state index in [2.05, 4.69) is 23.3 Å². The van der Waals surface area contributed by atoms with Gasteiger partial charge in [0.15, 0.2) is 0 Å². The van der Waals surface area contributed by atoms with Crippen molar-refractivity contribution in [1.29, 1.82) is 0 Å². The zero-order chi connectivity index (χ0) is 19.1. The van der Waals surface area contributed by atoms with Crippen molar-refractivity contribution in [2.45, 2.75) is 57.2 Å². The number of carbonyl (C=O) groups excluding carboxylic acids is 1. The number of nitrogens with zero attached hydrogens (tertiary/aromatic N) is 1. The van der Waals surface area contributed by atoms with Crippen LogP contribution in [0.15, 0.2) is 29.3 Å². The number of thioether (sulfide) groups is 2. The lowest BCUT2D eigenvalue weighted by Crippen LogP contribution is -2.55. The number of hydrogen-bond donors (Lipinski definition) is 1. The van der Waals surface area contributed by atoms with Gasteiger partial charge >= 0.3 is 0 Å². The van der Waals surface area contributed by atoms with Crippen LogP contribution in [0.5, 0.6) is 0 Å². The fourth-order valence-corrected chi connectivity index (χ4v) is 8.56. The van der Waals surface area contributed by atoms with Crippen LogP contribution in [0.1, 0.15) is 61.4 Å². The Morgan fingerprint density at radius 2 is 1.89 bits per heavy atom. The molecule has 4 bridgehead atoms. The molecular formula is C23H30N2OS2. The molecule has 4 saturated carbocycles. The van der Waals surface area contributed by atoms with Crippen LogP contribution in [-0.4, -0.2) is 28.6 Å². The Balaban J connectivity index is 1.28. The molecule has 0 spiro atoms. The molecule has 6 rings (SSSR count). The minimum atomic E-state index is 0.112. The molecule has 4 aliphatic carbocycles. The predicted molar refractivity (Wildman–Crippen MR) is 120 cm³/mol.